The molecule has 0 radical (unpaired) electrons. The van der Waals surface area contributed by atoms with Crippen LogP contribution in [0.15, 0.2) is 48.8 Å². The number of benzene rings is 1. The molecule has 1 aliphatic heterocycles. The number of piperidine rings is 1. The number of aryl methyl sites for hydroxylation is 1. The van der Waals surface area contributed by atoms with Crippen molar-refractivity contribution in [2.45, 2.75) is 25.7 Å². The molecule has 1 saturated heterocycles. The number of carbonyl (C=O) groups excluding carboxylic acids is 1. The number of H-pyrrole nitrogens is 1. The van der Waals surface area contributed by atoms with Gasteiger partial charge in [-0.25, -0.2) is 0 Å². The topological polar surface area (TPSA) is 49.0 Å². The number of nitrogens with zero attached hydrogens (tertiary/aromatic N) is 2. The number of rotatable bonds is 2. The van der Waals surface area contributed by atoms with E-state index in [2.05, 4.69) is 41.2 Å². The van der Waals surface area contributed by atoms with Gasteiger partial charge < -0.3 is 9.88 Å². The van der Waals surface area contributed by atoms with E-state index >= 15 is 0 Å². The first-order valence-electron chi connectivity index (χ1n) is 8.49. The first-order valence-corrected chi connectivity index (χ1v) is 8.49. The Balaban J connectivity index is 1.56. The van der Waals surface area contributed by atoms with Crippen LogP contribution in [0.4, 0.5) is 0 Å². The Kier molecular flexibility index (Phi) is 3.81. The minimum absolute atomic E-state index is 0.0831. The minimum atomic E-state index is 0.0831. The highest BCUT2D eigenvalue weighted by molar-refractivity contribution is 5.94. The Bertz CT molecular complexity index is 869. The number of aromatic amines is 1. The normalized spacial score (nSPS) is 18.0. The van der Waals surface area contributed by atoms with E-state index in [1.807, 2.05) is 17.0 Å². The quantitative estimate of drug-likeness (QED) is 0.779. The van der Waals surface area contributed by atoms with Gasteiger partial charge in [0.05, 0.1) is 5.56 Å². The average Bonchev–Trinajstić information content (AvgIpc) is 3.05. The zero-order valence-corrected chi connectivity index (χ0v) is 13.8. The van der Waals surface area contributed by atoms with Gasteiger partial charge in [0.25, 0.3) is 5.91 Å². The lowest BCUT2D eigenvalue weighted by Gasteiger charge is -2.32. The van der Waals surface area contributed by atoms with Gasteiger partial charge in [0, 0.05) is 42.6 Å². The van der Waals surface area contributed by atoms with Gasteiger partial charge in [0.1, 0.15) is 0 Å². The number of likely N-dealkylation sites (tertiary alicyclic amines) is 1. The lowest BCUT2D eigenvalue weighted by atomic mass is 9.94. The second-order valence-electron chi connectivity index (χ2n) is 6.65. The number of fused-ring (bicyclic) bond motifs is 1. The molecule has 4 rings (SSSR count). The van der Waals surface area contributed by atoms with Crippen molar-refractivity contribution in [2.75, 3.05) is 13.1 Å². The van der Waals surface area contributed by atoms with Crippen molar-refractivity contribution >= 4 is 16.8 Å². The minimum Gasteiger partial charge on any atom is -0.358 e. The third-order valence-corrected chi connectivity index (χ3v) is 4.85. The summed E-state index contributed by atoms with van der Waals surface area (Å²) in [6.45, 7) is 3.70. The number of pyridine rings is 1. The summed E-state index contributed by atoms with van der Waals surface area (Å²) in [6, 6.07) is 12.4. The van der Waals surface area contributed by atoms with Crippen molar-refractivity contribution in [3.63, 3.8) is 0 Å². The molecule has 0 spiro atoms. The monoisotopic (exact) mass is 319 g/mol. The van der Waals surface area contributed by atoms with Gasteiger partial charge in [-0.2, -0.15) is 0 Å². The molecular formula is C20H21N3O. The van der Waals surface area contributed by atoms with Crippen molar-refractivity contribution in [3.05, 3.63) is 65.6 Å². The SMILES string of the molecule is Cc1ccc2[nH]c(C3CCCN(C(=O)c4cccnc4)C3)cc2c1. The van der Waals surface area contributed by atoms with Crippen LogP contribution in [-0.2, 0) is 0 Å². The fraction of sp³-hybridized carbons (Fsp3) is 0.300. The molecular weight excluding hydrogens is 298 g/mol. The van der Waals surface area contributed by atoms with Gasteiger partial charge in [-0.05, 0) is 55.5 Å². The van der Waals surface area contributed by atoms with E-state index in [1.165, 1.54) is 22.2 Å². The average molecular weight is 319 g/mol. The molecule has 3 aromatic rings. The first kappa shape index (κ1) is 14.9. The molecule has 0 bridgehead atoms. The van der Waals surface area contributed by atoms with E-state index in [1.54, 1.807) is 12.4 Å². The Labute approximate surface area is 141 Å². The van der Waals surface area contributed by atoms with Crippen LogP contribution < -0.4 is 0 Å². The molecule has 122 valence electrons. The number of carbonyl (C=O) groups is 1. The molecule has 1 aromatic carbocycles. The molecule has 24 heavy (non-hydrogen) atoms. The molecule has 1 atom stereocenters. The molecule has 1 N–H and O–H groups in total. The predicted molar refractivity (Wildman–Crippen MR) is 95.2 cm³/mol. The number of hydrogen-bond acceptors (Lipinski definition) is 2. The van der Waals surface area contributed by atoms with Crippen molar-refractivity contribution in [2.24, 2.45) is 0 Å². The van der Waals surface area contributed by atoms with E-state index in [0.29, 0.717) is 11.5 Å². The van der Waals surface area contributed by atoms with Crippen molar-refractivity contribution in [1.29, 1.82) is 0 Å². The van der Waals surface area contributed by atoms with E-state index in [-0.39, 0.29) is 5.91 Å². The van der Waals surface area contributed by atoms with E-state index < -0.39 is 0 Å². The molecule has 1 unspecified atom stereocenters. The molecule has 1 aliphatic rings. The van der Waals surface area contributed by atoms with Crippen LogP contribution in [-0.4, -0.2) is 33.9 Å². The maximum Gasteiger partial charge on any atom is 0.255 e. The molecule has 4 heteroatoms. The van der Waals surface area contributed by atoms with Crippen LogP contribution >= 0.6 is 0 Å². The molecule has 2 aromatic heterocycles. The maximum absolute atomic E-state index is 12.7. The third kappa shape index (κ3) is 2.80. The van der Waals surface area contributed by atoms with Gasteiger partial charge >= 0.3 is 0 Å². The first-order chi connectivity index (χ1) is 11.7. The van der Waals surface area contributed by atoms with Crippen molar-refractivity contribution in [1.82, 2.24) is 14.9 Å². The highest BCUT2D eigenvalue weighted by atomic mass is 16.2. The lowest BCUT2D eigenvalue weighted by Crippen LogP contribution is -2.39. The number of aromatic nitrogens is 2. The molecule has 0 aliphatic carbocycles. The molecule has 0 saturated carbocycles. The van der Waals surface area contributed by atoms with Gasteiger partial charge in [-0.3, -0.25) is 9.78 Å². The van der Waals surface area contributed by atoms with Crippen molar-refractivity contribution < 1.29 is 4.79 Å². The van der Waals surface area contributed by atoms with Crippen LogP contribution in [0.3, 0.4) is 0 Å². The summed E-state index contributed by atoms with van der Waals surface area (Å²) in [6.07, 6.45) is 5.49. The molecule has 1 amide bonds. The Hall–Kier alpha value is -2.62. The van der Waals surface area contributed by atoms with Crippen molar-refractivity contribution in [3.8, 4) is 0 Å². The summed E-state index contributed by atoms with van der Waals surface area (Å²) >= 11 is 0. The van der Waals surface area contributed by atoms with Crippen LogP contribution in [0.2, 0.25) is 0 Å². The van der Waals surface area contributed by atoms with Crippen LogP contribution in [0.25, 0.3) is 10.9 Å². The summed E-state index contributed by atoms with van der Waals surface area (Å²) < 4.78 is 0. The number of nitrogens with one attached hydrogen (secondary N) is 1. The summed E-state index contributed by atoms with van der Waals surface area (Å²) in [5.41, 5.74) is 4.35. The highest BCUT2D eigenvalue weighted by Gasteiger charge is 2.26. The second kappa shape index (κ2) is 6.11. The van der Waals surface area contributed by atoms with E-state index in [4.69, 9.17) is 0 Å². The summed E-state index contributed by atoms with van der Waals surface area (Å²) in [5.74, 6) is 0.451. The number of amides is 1. The standard InChI is InChI=1S/C20H21N3O/c1-14-6-7-18-17(10-14)11-19(22-18)16-5-3-9-23(13-16)20(24)15-4-2-8-21-12-15/h2,4,6-8,10-12,16,22H,3,5,9,13H2,1H3. The van der Waals surface area contributed by atoms with Crippen LogP contribution in [0.5, 0.6) is 0 Å². The zero-order chi connectivity index (χ0) is 16.5. The Morgan fingerprint density at radius 1 is 1.29 bits per heavy atom. The van der Waals surface area contributed by atoms with Gasteiger partial charge in [-0.1, -0.05) is 11.6 Å². The molecule has 4 nitrogen and oxygen atoms in total. The van der Waals surface area contributed by atoms with Crippen LogP contribution in [0, 0.1) is 6.92 Å². The fourth-order valence-corrected chi connectivity index (χ4v) is 3.58. The lowest BCUT2D eigenvalue weighted by molar-refractivity contribution is 0.0705. The van der Waals surface area contributed by atoms with E-state index in [9.17, 15) is 4.79 Å². The zero-order valence-electron chi connectivity index (χ0n) is 13.8. The number of hydrogen-bond donors (Lipinski definition) is 1. The Morgan fingerprint density at radius 3 is 3.04 bits per heavy atom. The predicted octanol–water partition coefficient (Wildman–Crippen LogP) is 3.89. The van der Waals surface area contributed by atoms with Crippen LogP contribution in [0.1, 0.15) is 40.4 Å². The fourth-order valence-electron chi connectivity index (χ4n) is 3.58. The smallest absolute Gasteiger partial charge is 0.255 e. The van der Waals surface area contributed by atoms with Gasteiger partial charge in [0.2, 0.25) is 0 Å². The maximum atomic E-state index is 12.7. The summed E-state index contributed by atoms with van der Waals surface area (Å²) in [5, 5.41) is 1.25. The summed E-state index contributed by atoms with van der Waals surface area (Å²) in [4.78, 5) is 22.2. The third-order valence-electron chi connectivity index (χ3n) is 4.85. The Morgan fingerprint density at radius 2 is 2.21 bits per heavy atom. The summed E-state index contributed by atoms with van der Waals surface area (Å²) in [7, 11) is 0. The van der Waals surface area contributed by atoms with Gasteiger partial charge in [0.15, 0.2) is 0 Å². The van der Waals surface area contributed by atoms with E-state index in [0.717, 1.165) is 25.9 Å². The molecule has 1 fully saturated rings. The molecule has 3 heterocycles. The second-order valence-corrected chi connectivity index (χ2v) is 6.65. The van der Waals surface area contributed by atoms with Gasteiger partial charge in [-0.15, -0.1) is 0 Å². The highest BCUT2D eigenvalue weighted by Crippen LogP contribution is 2.30. The largest absolute Gasteiger partial charge is 0.358 e.